The Kier molecular flexibility index (Phi) is 7.44. The summed E-state index contributed by atoms with van der Waals surface area (Å²) in [6, 6.07) is 7.07. The number of amides is 2. The van der Waals surface area contributed by atoms with Crippen molar-refractivity contribution in [3.8, 4) is 17.2 Å². The van der Waals surface area contributed by atoms with E-state index in [1.165, 1.54) is 30.3 Å². The highest BCUT2D eigenvalue weighted by Crippen LogP contribution is 2.36. The second-order valence-electron chi connectivity index (χ2n) is 6.25. The predicted octanol–water partition coefficient (Wildman–Crippen LogP) is 3.70. The average Bonchev–Trinajstić information content (AvgIpc) is 2.66. The number of unbranched alkanes of at least 4 members (excludes halogenated alkanes) is 1. The minimum Gasteiger partial charge on any atom is -0.507 e. The van der Waals surface area contributed by atoms with Crippen molar-refractivity contribution < 1.29 is 29.3 Å². The summed E-state index contributed by atoms with van der Waals surface area (Å²) in [6.45, 7) is 4.16. The van der Waals surface area contributed by atoms with Gasteiger partial charge in [-0.3, -0.25) is 9.59 Å². The zero-order chi connectivity index (χ0) is 21.6. The quantitative estimate of drug-likeness (QED) is 0.400. The fourth-order valence-electron chi connectivity index (χ4n) is 2.47. The first-order chi connectivity index (χ1) is 13.7. The van der Waals surface area contributed by atoms with Gasteiger partial charge in [0.2, 0.25) is 0 Å². The van der Waals surface area contributed by atoms with Crippen molar-refractivity contribution in [2.24, 2.45) is 0 Å². The number of halogens is 1. The van der Waals surface area contributed by atoms with E-state index in [1.807, 2.05) is 6.92 Å². The number of nitrogens with one attached hydrogen (secondary N) is 2. The molecular formula is C20H21ClN2O6. The Bertz CT molecular complexity index is 922. The number of phenolic OH excluding ortho intramolecular Hbond substituents is 1. The molecule has 0 saturated carbocycles. The van der Waals surface area contributed by atoms with Gasteiger partial charge < -0.3 is 25.6 Å². The lowest BCUT2D eigenvalue weighted by molar-refractivity contribution is -0.147. The Hall–Kier alpha value is -3.26. The molecule has 154 valence electrons. The van der Waals surface area contributed by atoms with Gasteiger partial charge in [-0.15, -0.1) is 0 Å². The van der Waals surface area contributed by atoms with Crippen LogP contribution in [0.5, 0.6) is 17.2 Å². The lowest BCUT2D eigenvalue weighted by atomic mass is 10.1. The zero-order valence-corrected chi connectivity index (χ0v) is 16.7. The molecule has 0 fully saturated rings. The van der Waals surface area contributed by atoms with Gasteiger partial charge in [0.1, 0.15) is 17.2 Å². The van der Waals surface area contributed by atoms with Crippen LogP contribution < -0.4 is 15.4 Å². The molecule has 0 atom stereocenters. The monoisotopic (exact) mass is 420 g/mol. The number of carboxylic acid groups (broad SMARTS) is 1. The molecule has 0 spiro atoms. The molecule has 0 aliphatic carbocycles. The molecule has 0 unspecified atom stereocenters. The molecule has 0 aromatic heterocycles. The molecule has 2 aromatic carbocycles. The van der Waals surface area contributed by atoms with Crippen molar-refractivity contribution in [3.05, 3.63) is 46.5 Å². The number of aryl methyl sites for hydroxylation is 1. The molecule has 0 heterocycles. The van der Waals surface area contributed by atoms with Crippen molar-refractivity contribution in [1.82, 2.24) is 5.32 Å². The summed E-state index contributed by atoms with van der Waals surface area (Å²) in [5, 5.41) is 23.7. The summed E-state index contributed by atoms with van der Waals surface area (Å²) in [5.41, 5.74) is 0.798. The van der Waals surface area contributed by atoms with E-state index >= 15 is 0 Å². The fraction of sp³-hybridized carbons (Fsp3) is 0.250. The number of hydrogen-bond donors (Lipinski definition) is 4. The third kappa shape index (κ3) is 5.86. The smallest absolute Gasteiger partial charge is 0.394 e. The van der Waals surface area contributed by atoms with Crippen LogP contribution in [0, 0.1) is 6.92 Å². The first-order valence-electron chi connectivity index (χ1n) is 8.86. The molecule has 4 N–H and O–H groups in total. The molecule has 0 bridgehead atoms. The van der Waals surface area contributed by atoms with Crippen molar-refractivity contribution in [3.63, 3.8) is 0 Å². The molecule has 0 aliphatic heterocycles. The molecule has 2 amide bonds. The van der Waals surface area contributed by atoms with Crippen LogP contribution in [0.1, 0.15) is 35.7 Å². The molecule has 0 radical (unpaired) electrons. The number of phenols is 1. The van der Waals surface area contributed by atoms with Crippen molar-refractivity contribution in [1.29, 1.82) is 0 Å². The van der Waals surface area contributed by atoms with E-state index in [-0.39, 0.29) is 33.5 Å². The summed E-state index contributed by atoms with van der Waals surface area (Å²) in [7, 11) is 0. The molecule has 9 heteroatoms. The first-order valence-corrected chi connectivity index (χ1v) is 9.24. The molecule has 29 heavy (non-hydrogen) atoms. The maximum atomic E-state index is 12.2. The van der Waals surface area contributed by atoms with Gasteiger partial charge >= 0.3 is 11.9 Å². The summed E-state index contributed by atoms with van der Waals surface area (Å²) < 4.78 is 5.77. The van der Waals surface area contributed by atoms with E-state index in [9.17, 15) is 19.5 Å². The summed E-state index contributed by atoms with van der Waals surface area (Å²) in [5.74, 6) is -2.87. The average molecular weight is 421 g/mol. The number of carboxylic acids is 1. The number of hydrogen-bond acceptors (Lipinski definition) is 5. The Morgan fingerprint density at radius 3 is 2.52 bits per heavy atom. The second-order valence-corrected chi connectivity index (χ2v) is 6.66. The topological polar surface area (TPSA) is 125 Å². The van der Waals surface area contributed by atoms with Gasteiger partial charge in [0.15, 0.2) is 0 Å². The number of aliphatic carboxylic acids is 1. The molecular weight excluding hydrogens is 400 g/mol. The summed E-state index contributed by atoms with van der Waals surface area (Å²) in [6.07, 6.45) is 1.75. The maximum Gasteiger partial charge on any atom is 0.394 e. The fourth-order valence-corrected chi connectivity index (χ4v) is 2.77. The number of aromatic hydroxyl groups is 1. The van der Waals surface area contributed by atoms with Crippen LogP contribution in [0.3, 0.4) is 0 Å². The highest BCUT2D eigenvalue weighted by Gasteiger charge is 2.16. The van der Waals surface area contributed by atoms with Crippen molar-refractivity contribution in [2.75, 3.05) is 11.9 Å². The molecule has 0 saturated heterocycles. The van der Waals surface area contributed by atoms with Crippen LogP contribution in [0.25, 0.3) is 0 Å². The normalized spacial score (nSPS) is 10.3. The van der Waals surface area contributed by atoms with Gasteiger partial charge in [-0.05, 0) is 49.2 Å². The first kappa shape index (κ1) is 22.0. The Morgan fingerprint density at radius 1 is 1.17 bits per heavy atom. The van der Waals surface area contributed by atoms with E-state index in [0.29, 0.717) is 12.1 Å². The number of carbonyl (C=O) groups excluding carboxylic acids is 2. The van der Waals surface area contributed by atoms with Crippen LogP contribution in [0.4, 0.5) is 5.69 Å². The van der Waals surface area contributed by atoms with Crippen LogP contribution >= 0.6 is 11.6 Å². The van der Waals surface area contributed by atoms with Gasteiger partial charge in [-0.25, -0.2) is 4.79 Å². The SMILES string of the molecule is CCCCNC(=O)c1cc(Oc2c(C)cc(NC(=O)C(=O)O)cc2Cl)ccc1O. The second kappa shape index (κ2) is 9.79. The largest absolute Gasteiger partial charge is 0.507 e. The van der Waals surface area contributed by atoms with Crippen LogP contribution in [0.2, 0.25) is 5.02 Å². The Balaban J connectivity index is 2.23. The van der Waals surface area contributed by atoms with E-state index in [2.05, 4.69) is 10.6 Å². The lowest BCUT2D eigenvalue weighted by Crippen LogP contribution is -2.24. The minimum absolute atomic E-state index is 0.0673. The highest BCUT2D eigenvalue weighted by molar-refractivity contribution is 6.37. The van der Waals surface area contributed by atoms with Gasteiger partial charge in [0.25, 0.3) is 5.91 Å². The summed E-state index contributed by atoms with van der Waals surface area (Å²) >= 11 is 6.21. The zero-order valence-electron chi connectivity index (χ0n) is 15.9. The van der Waals surface area contributed by atoms with Gasteiger partial charge in [0, 0.05) is 12.2 Å². The van der Waals surface area contributed by atoms with Gasteiger partial charge in [-0.1, -0.05) is 24.9 Å². The number of benzene rings is 2. The number of ether oxygens (including phenoxy) is 1. The third-order valence-corrected chi connectivity index (χ3v) is 4.21. The number of rotatable bonds is 7. The van der Waals surface area contributed by atoms with E-state index in [4.69, 9.17) is 21.4 Å². The van der Waals surface area contributed by atoms with Gasteiger partial charge in [0.05, 0.1) is 10.6 Å². The highest BCUT2D eigenvalue weighted by atomic mass is 35.5. The van der Waals surface area contributed by atoms with E-state index in [0.717, 1.165) is 12.8 Å². The lowest BCUT2D eigenvalue weighted by Gasteiger charge is -2.14. The van der Waals surface area contributed by atoms with Gasteiger partial charge in [-0.2, -0.15) is 0 Å². The van der Waals surface area contributed by atoms with E-state index < -0.39 is 17.8 Å². The standard InChI is InChI=1S/C20H21ClN2O6/c1-3-4-7-22-18(25)14-10-13(5-6-16(14)24)29-17-11(2)8-12(9-15(17)21)23-19(26)20(27)28/h5-6,8-10,24H,3-4,7H2,1-2H3,(H,22,25)(H,23,26)(H,27,28). The predicted molar refractivity (Wildman–Crippen MR) is 108 cm³/mol. The van der Waals surface area contributed by atoms with Crippen molar-refractivity contribution in [2.45, 2.75) is 26.7 Å². The number of carbonyl (C=O) groups is 3. The Labute approximate surface area is 172 Å². The third-order valence-electron chi connectivity index (χ3n) is 3.93. The molecule has 2 aromatic rings. The van der Waals surface area contributed by atoms with Crippen LogP contribution in [-0.4, -0.2) is 34.5 Å². The maximum absolute atomic E-state index is 12.2. The van der Waals surface area contributed by atoms with E-state index in [1.54, 1.807) is 6.92 Å². The van der Waals surface area contributed by atoms with Crippen LogP contribution in [-0.2, 0) is 9.59 Å². The van der Waals surface area contributed by atoms with Crippen LogP contribution in [0.15, 0.2) is 30.3 Å². The summed E-state index contributed by atoms with van der Waals surface area (Å²) in [4.78, 5) is 34.2. The number of anilines is 1. The van der Waals surface area contributed by atoms with Crippen molar-refractivity contribution >= 4 is 35.1 Å². The molecule has 8 nitrogen and oxygen atoms in total. The minimum atomic E-state index is -1.62. The molecule has 0 aliphatic rings. The molecule has 2 rings (SSSR count). The Morgan fingerprint density at radius 2 is 1.90 bits per heavy atom.